The third-order valence-corrected chi connectivity index (χ3v) is 4.74. The van der Waals surface area contributed by atoms with Gasteiger partial charge in [0, 0.05) is 5.56 Å². The van der Waals surface area contributed by atoms with Crippen LogP contribution in [0.25, 0.3) is 10.4 Å². The van der Waals surface area contributed by atoms with Gasteiger partial charge in [0.2, 0.25) is 5.91 Å². The van der Waals surface area contributed by atoms with Crippen LogP contribution >= 0.6 is 11.3 Å². The lowest BCUT2D eigenvalue weighted by molar-refractivity contribution is -0.115. The molecular weight excluding hydrogens is 320 g/mol. The normalized spacial score (nSPS) is 10.4. The molecule has 0 radical (unpaired) electrons. The molecule has 0 aliphatic heterocycles. The average Bonchev–Trinajstić information content (AvgIpc) is 2.96. The number of hydrogen-bond acceptors (Lipinski definition) is 4. The van der Waals surface area contributed by atoms with Crippen molar-refractivity contribution in [2.45, 2.75) is 13.3 Å². The minimum absolute atomic E-state index is 0.104. The van der Waals surface area contributed by atoms with Gasteiger partial charge in [0.25, 0.3) is 0 Å². The molecule has 0 unspecified atom stereocenters. The van der Waals surface area contributed by atoms with E-state index in [4.69, 9.17) is 4.74 Å². The molecule has 0 spiro atoms. The fourth-order valence-corrected chi connectivity index (χ4v) is 3.48. The molecule has 0 saturated heterocycles. The summed E-state index contributed by atoms with van der Waals surface area (Å²) in [5.41, 5.74) is 2.88. The third kappa shape index (κ3) is 3.63. The molecule has 1 amide bonds. The summed E-state index contributed by atoms with van der Waals surface area (Å²) in [6.45, 7) is 1.95. The van der Waals surface area contributed by atoms with Crippen molar-refractivity contribution in [3.05, 3.63) is 65.9 Å². The lowest BCUT2D eigenvalue weighted by Crippen LogP contribution is -2.14. The number of hydrogen-bond donors (Lipinski definition) is 1. The molecule has 122 valence electrons. The number of aryl methyl sites for hydroxylation is 1. The highest BCUT2D eigenvalue weighted by atomic mass is 32.1. The molecule has 1 aromatic heterocycles. The highest BCUT2D eigenvalue weighted by Crippen LogP contribution is 2.32. The molecule has 0 atom stereocenters. The van der Waals surface area contributed by atoms with Crippen molar-refractivity contribution in [3.63, 3.8) is 0 Å². The summed E-state index contributed by atoms with van der Waals surface area (Å²) in [6.07, 6.45) is 0.253. The Labute approximate surface area is 145 Å². The van der Waals surface area contributed by atoms with Gasteiger partial charge in [-0.15, -0.1) is 0 Å². The Morgan fingerprint density at radius 2 is 1.83 bits per heavy atom. The number of benzene rings is 2. The Morgan fingerprint density at radius 3 is 2.58 bits per heavy atom. The molecule has 3 aromatic rings. The maximum Gasteiger partial charge on any atom is 0.230 e. The lowest BCUT2D eigenvalue weighted by atomic mass is 10.1. The van der Waals surface area contributed by atoms with Crippen molar-refractivity contribution in [1.82, 2.24) is 4.98 Å². The number of carbonyl (C=O) groups is 1. The van der Waals surface area contributed by atoms with E-state index in [-0.39, 0.29) is 12.3 Å². The molecule has 0 aliphatic carbocycles. The van der Waals surface area contributed by atoms with E-state index >= 15 is 0 Å². The van der Waals surface area contributed by atoms with E-state index in [1.165, 1.54) is 11.3 Å². The van der Waals surface area contributed by atoms with E-state index in [0.717, 1.165) is 21.7 Å². The summed E-state index contributed by atoms with van der Waals surface area (Å²) in [5, 5.41) is 3.50. The molecule has 5 heteroatoms. The first kappa shape index (κ1) is 16.2. The SMILES string of the molecule is COc1ccccc1CC(=O)Nc1nc(C)c(-c2ccccc2)s1. The van der Waals surface area contributed by atoms with E-state index in [9.17, 15) is 4.79 Å². The number of carbonyl (C=O) groups excluding carboxylic acids is 1. The molecule has 0 fully saturated rings. The minimum Gasteiger partial charge on any atom is -0.496 e. The maximum atomic E-state index is 12.3. The molecule has 0 bridgehead atoms. The number of nitrogens with zero attached hydrogens (tertiary/aromatic N) is 1. The number of anilines is 1. The fraction of sp³-hybridized carbons (Fsp3) is 0.158. The van der Waals surface area contributed by atoms with Crippen LogP contribution in [0.3, 0.4) is 0 Å². The predicted octanol–water partition coefficient (Wildman–Crippen LogP) is 4.31. The number of nitrogens with one attached hydrogen (secondary N) is 1. The van der Waals surface area contributed by atoms with E-state index in [0.29, 0.717) is 10.9 Å². The van der Waals surface area contributed by atoms with Crippen LogP contribution in [0.5, 0.6) is 5.75 Å². The highest BCUT2D eigenvalue weighted by molar-refractivity contribution is 7.19. The van der Waals surface area contributed by atoms with Crippen molar-refractivity contribution in [1.29, 1.82) is 0 Å². The predicted molar refractivity (Wildman–Crippen MR) is 97.6 cm³/mol. The second-order valence-electron chi connectivity index (χ2n) is 5.34. The molecular formula is C19H18N2O2S. The second kappa shape index (κ2) is 7.27. The summed E-state index contributed by atoms with van der Waals surface area (Å²) in [7, 11) is 1.60. The highest BCUT2D eigenvalue weighted by Gasteiger charge is 2.13. The van der Waals surface area contributed by atoms with Crippen LogP contribution in [-0.2, 0) is 11.2 Å². The van der Waals surface area contributed by atoms with Gasteiger partial charge in [-0.3, -0.25) is 4.79 Å². The third-order valence-electron chi connectivity index (χ3n) is 3.62. The summed E-state index contributed by atoms with van der Waals surface area (Å²) in [4.78, 5) is 17.8. The molecule has 3 rings (SSSR count). The number of ether oxygens (including phenoxy) is 1. The minimum atomic E-state index is -0.104. The zero-order valence-electron chi connectivity index (χ0n) is 13.6. The summed E-state index contributed by atoms with van der Waals surface area (Å²) < 4.78 is 5.28. The first-order valence-electron chi connectivity index (χ1n) is 7.62. The summed E-state index contributed by atoms with van der Waals surface area (Å²) in [5.74, 6) is 0.612. The van der Waals surface area contributed by atoms with Gasteiger partial charge in [-0.05, 0) is 18.6 Å². The van der Waals surface area contributed by atoms with E-state index in [1.807, 2.05) is 61.5 Å². The Bertz CT molecular complexity index is 844. The van der Waals surface area contributed by atoms with Gasteiger partial charge in [-0.1, -0.05) is 59.9 Å². The van der Waals surface area contributed by atoms with Crippen molar-refractivity contribution in [3.8, 4) is 16.2 Å². The van der Waals surface area contributed by atoms with Crippen LogP contribution in [-0.4, -0.2) is 18.0 Å². The topological polar surface area (TPSA) is 51.2 Å². The van der Waals surface area contributed by atoms with Crippen LogP contribution in [0, 0.1) is 6.92 Å². The van der Waals surface area contributed by atoms with E-state index in [2.05, 4.69) is 10.3 Å². The molecule has 0 aliphatic rings. The fourth-order valence-electron chi connectivity index (χ4n) is 2.49. The van der Waals surface area contributed by atoms with Crippen LogP contribution in [0.4, 0.5) is 5.13 Å². The zero-order chi connectivity index (χ0) is 16.9. The van der Waals surface area contributed by atoms with Gasteiger partial charge in [0.05, 0.1) is 24.1 Å². The second-order valence-corrected chi connectivity index (χ2v) is 6.34. The number of aromatic nitrogens is 1. The van der Waals surface area contributed by atoms with Crippen LogP contribution < -0.4 is 10.1 Å². The molecule has 0 saturated carbocycles. The Kier molecular flexibility index (Phi) is 4.91. The Morgan fingerprint density at radius 1 is 1.12 bits per heavy atom. The average molecular weight is 338 g/mol. The number of methoxy groups -OCH3 is 1. The van der Waals surface area contributed by atoms with Gasteiger partial charge in [0.15, 0.2) is 5.13 Å². The Hall–Kier alpha value is -2.66. The van der Waals surface area contributed by atoms with Crippen LogP contribution in [0.2, 0.25) is 0 Å². The molecule has 2 aromatic carbocycles. The lowest BCUT2D eigenvalue weighted by Gasteiger charge is -2.07. The number of thiazole rings is 1. The number of para-hydroxylation sites is 1. The van der Waals surface area contributed by atoms with Gasteiger partial charge in [-0.2, -0.15) is 0 Å². The van der Waals surface area contributed by atoms with Crippen molar-refractivity contribution in [2.75, 3.05) is 12.4 Å². The van der Waals surface area contributed by atoms with Crippen LogP contribution in [0.1, 0.15) is 11.3 Å². The summed E-state index contributed by atoms with van der Waals surface area (Å²) in [6, 6.07) is 17.6. The van der Waals surface area contributed by atoms with Gasteiger partial charge in [0.1, 0.15) is 5.75 Å². The van der Waals surface area contributed by atoms with Gasteiger partial charge >= 0.3 is 0 Å². The van der Waals surface area contributed by atoms with Gasteiger partial charge in [-0.25, -0.2) is 4.98 Å². The maximum absolute atomic E-state index is 12.3. The quantitative estimate of drug-likeness (QED) is 0.754. The zero-order valence-corrected chi connectivity index (χ0v) is 14.4. The molecule has 1 heterocycles. The number of amides is 1. The molecule has 1 N–H and O–H groups in total. The van der Waals surface area contributed by atoms with Crippen molar-refractivity contribution >= 4 is 22.4 Å². The van der Waals surface area contributed by atoms with E-state index < -0.39 is 0 Å². The summed E-state index contributed by atoms with van der Waals surface area (Å²) >= 11 is 1.49. The Balaban J connectivity index is 1.74. The smallest absolute Gasteiger partial charge is 0.230 e. The standard InChI is InChI=1S/C19H18N2O2S/c1-13-18(14-8-4-3-5-9-14)24-19(20-13)21-17(22)12-15-10-6-7-11-16(15)23-2/h3-11H,12H2,1-2H3,(H,20,21,22). The molecule has 4 nitrogen and oxygen atoms in total. The monoisotopic (exact) mass is 338 g/mol. The molecule has 24 heavy (non-hydrogen) atoms. The first-order valence-corrected chi connectivity index (χ1v) is 8.43. The number of rotatable bonds is 5. The van der Waals surface area contributed by atoms with E-state index in [1.54, 1.807) is 7.11 Å². The van der Waals surface area contributed by atoms with Crippen molar-refractivity contribution < 1.29 is 9.53 Å². The van der Waals surface area contributed by atoms with Crippen molar-refractivity contribution in [2.24, 2.45) is 0 Å². The largest absolute Gasteiger partial charge is 0.496 e. The first-order chi connectivity index (χ1) is 11.7. The van der Waals surface area contributed by atoms with Crippen LogP contribution in [0.15, 0.2) is 54.6 Å². The van der Waals surface area contributed by atoms with Gasteiger partial charge < -0.3 is 10.1 Å².